The number of rotatable bonds is 4. The lowest BCUT2D eigenvalue weighted by Crippen LogP contribution is -2.39. The van der Waals surface area contributed by atoms with Crippen molar-refractivity contribution in [3.63, 3.8) is 0 Å². The molecule has 15 heavy (non-hydrogen) atoms. The van der Waals surface area contributed by atoms with Crippen LogP contribution in [-0.2, 0) is 4.74 Å². The van der Waals surface area contributed by atoms with Gasteiger partial charge in [-0.15, -0.1) is 0 Å². The lowest BCUT2D eigenvalue weighted by Gasteiger charge is -2.22. The predicted octanol–water partition coefficient (Wildman–Crippen LogP) is 0.873. The summed E-state index contributed by atoms with van der Waals surface area (Å²) in [6, 6.07) is 0. The van der Waals surface area contributed by atoms with Gasteiger partial charge in [-0.05, 0) is 20.8 Å². The molecule has 84 valence electrons. The molecule has 0 radical (unpaired) electrons. The third-order valence-electron chi connectivity index (χ3n) is 2.30. The minimum Gasteiger partial charge on any atom is -0.377 e. The second-order valence-corrected chi connectivity index (χ2v) is 4.06. The highest BCUT2D eigenvalue weighted by Crippen LogP contribution is 2.06. The molecule has 1 aromatic rings. The molecule has 1 rings (SSSR count). The minimum atomic E-state index is -0.354. The third-order valence-corrected chi connectivity index (χ3v) is 2.30. The number of nitrogens with zero attached hydrogens (tertiary/aromatic N) is 1. The highest BCUT2D eigenvalue weighted by molar-refractivity contribution is 5.94. The van der Waals surface area contributed by atoms with E-state index >= 15 is 0 Å². The molecule has 0 aliphatic rings. The number of hydrogen-bond donors (Lipinski definition) is 2. The van der Waals surface area contributed by atoms with Crippen molar-refractivity contribution in [3.8, 4) is 0 Å². The van der Waals surface area contributed by atoms with Gasteiger partial charge in [0, 0.05) is 19.3 Å². The minimum absolute atomic E-state index is 0.133. The summed E-state index contributed by atoms with van der Waals surface area (Å²) >= 11 is 0. The van der Waals surface area contributed by atoms with Gasteiger partial charge in [0.15, 0.2) is 0 Å². The first-order valence-electron chi connectivity index (χ1n) is 4.79. The topological polar surface area (TPSA) is 67.0 Å². The number of nitrogens with one attached hydrogen (secondary N) is 2. The van der Waals surface area contributed by atoms with Gasteiger partial charge in [0.1, 0.15) is 0 Å². The average Bonchev–Trinajstić information content (AvgIpc) is 2.61. The van der Waals surface area contributed by atoms with E-state index in [2.05, 4.69) is 15.5 Å². The Morgan fingerprint density at radius 3 is 2.80 bits per heavy atom. The fourth-order valence-corrected chi connectivity index (χ4v) is 1.04. The molecular formula is C10H17N3O2. The van der Waals surface area contributed by atoms with Crippen LogP contribution in [0.15, 0.2) is 6.20 Å². The molecule has 1 aromatic heterocycles. The molecule has 1 amide bonds. The number of aromatic nitrogens is 2. The van der Waals surface area contributed by atoms with E-state index in [9.17, 15) is 4.79 Å². The van der Waals surface area contributed by atoms with Gasteiger partial charge < -0.3 is 10.1 Å². The summed E-state index contributed by atoms with van der Waals surface area (Å²) in [6.45, 7) is 6.10. The van der Waals surface area contributed by atoms with Crippen molar-refractivity contribution in [3.05, 3.63) is 17.5 Å². The van der Waals surface area contributed by atoms with Crippen molar-refractivity contribution in [2.45, 2.75) is 26.4 Å². The van der Waals surface area contributed by atoms with Gasteiger partial charge in [0.05, 0.1) is 17.4 Å². The first kappa shape index (κ1) is 11.7. The standard InChI is InChI=1S/C10H17N3O2/c1-7-8(5-12-13-7)9(14)11-6-10(2,3)15-4/h5H,6H2,1-4H3,(H,11,14)(H,12,13). The Balaban J connectivity index is 2.55. The maximum atomic E-state index is 11.7. The van der Waals surface area contributed by atoms with Gasteiger partial charge >= 0.3 is 0 Å². The molecule has 0 aliphatic heterocycles. The average molecular weight is 211 g/mol. The van der Waals surface area contributed by atoms with Crippen LogP contribution in [0.2, 0.25) is 0 Å². The van der Waals surface area contributed by atoms with Crippen LogP contribution in [-0.4, -0.2) is 35.4 Å². The number of carbonyl (C=O) groups is 1. The number of amides is 1. The zero-order valence-corrected chi connectivity index (χ0v) is 9.55. The molecule has 0 bridgehead atoms. The zero-order chi connectivity index (χ0) is 11.5. The van der Waals surface area contributed by atoms with Crippen molar-refractivity contribution in [1.82, 2.24) is 15.5 Å². The molecule has 0 aliphatic carbocycles. The Bertz CT molecular complexity index is 344. The second-order valence-electron chi connectivity index (χ2n) is 4.06. The van der Waals surface area contributed by atoms with Crippen LogP contribution in [0.25, 0.3) is 0 Å². The maximum absolute atomic E-state index is 11.7. The van der Waals surface area contributed by atoms with Crippen LogP contribution in [0.1, 0.15) is 29.9 Å². The molecule has 2 N–H and O–H groups in total. The van der Waals surface area contributed by atoms with Gasteiger partial charge in [-0.2, -0.15) is 5.10 Å². The summed E-state index contributed by atoms with van der Waals surface area (Å²) in [4.78, 5) is 11.7. The summed E-state index contributed by atoms with van der Waals surface area (Å²) in [5.74, 6) is -0.133. The Morgan fingerprint density at radius 2 is 2.33 bits per heavy atom. The summed E-state index contributed by atoms with van der Waals surface area (Å²) in [5.41, 5.74) is 0.984. The van der Waals surface area contributed by atoms with Crippen LogP contribution in [0.5, 0.6) is 0 Å². The van der Waals surface area contributed by atoms with E-state index in [1.807, 2.05) is 20.8 Å². The molecule has 0 unspecified atom stereocenters. The number of methoxy groups -OCH3 is 1. The number of hydrogen-bond acceptors (Lipinski definition) is 3. The summed E-state index contributed by atoms with van der Waals surface area (Å²) in [7, 11) is 1.62. The summed E-state index contributed by atoms with van der Waals surface area (Å²) < 4.78 is 5.20. The van der Waals surface area contributed by atoms with E-state index < -0.39 is 0 Å². The van der Waals surface area contributed by atoms with Crippen LogP contribution in [0, 0.1) is 6.92 Å². The molecule has 5 heteroatoms. The number of H-pyrrole nitrogens is 1. The normalized spacial score (nSPS) is 11.5. The fourth-order valence-electron chi connectivity index (χ4n) is 1.04. The predicted molar refractivity (Wildman–Crippen MR) is 56.7 cm³/mol. The van der Waals surface area contributed by atoms with Crippen molar-refractivity contribution in [2.24, 2.45) is 0 Å². The first-order valence-corrected chi connectivity index (χ1v) is 4.79. The van der Waals surface area contributed by atoms with Crippen LogP contribution in [0.3, 0.4) is 0 Å². The van der Waals surface area contributed by atoms with Gasteiger partial charge in [-0.3, -0.25) is 9.89 Å². The van der Waals surface area contributed by atoms with Gasteiger partial charge in [0.2, 0.25) is 0 Å². The lowest BCUT2D eigenvalue weighted by atomic mass is 10.1. The van der Waals surface area contributed by atoms with Crippen LogP contribution >= 0.6 is 0 Å². The smallest absolute Gasteiger partial charge is 0.254 e. The SMILES string of the molecule is COC(C)(C)CNC(=O)c1cn[nH]c1C. The third kappa shape index (κ3) is 3.06. The monoisotopic (exact) mass is 211 g/mol. The maximum Gasteiger partial charge on any atom is 0.254 e. The van der Waals surface area contributed by atoms with Gasteiger partial charge in [-0.1, -0.05) is 0 Å². The molecular weight excluding hydrogens is 194 g/mol. The van der Waals surface area contributed by atoms with E-state index in [0.29, 0.717) is 12.1 Å². The first-order chi connectivity index (χ1) is 6.96. The quantitative estimate of drug-likeness (QED) is 0.776. The second kappa shape index (κ2) is 4.44. The van der Waals surface area contributed by atoms with Gasteiger partial charge in [-0.25, -0.2) is 0 Å². The van der Waals surface area contributed by atoms with E-state index in [1.165, 1.54) is 6.20 Å². The van der Waals surface area contributed by atoms with E-state index in [0.717, 1.165) is 5.69 Å². The Morgan fingerprint density at radius 1 is 1.67 bits per heavy atom. The van der Waals surface area contributed by atoms with E-state index in [4.69, 9.17) is 4.74 Å². The Labute approximate surface area is 89.2 Å². The Hall–Kier alpha value is -1.36. The van der Waals surface area contributed by atoms with Crippen molar-refractivity contribution in [2.75, 3.05) is 13.7 Å². The molecule has 0 atom stereocenters. The molecule has 0 saturated carbocycles. The highest BCUT2D eigenvalue weighted by Gasteiger charge is 2.18. The number of aryl methyl sites for hydroxylation is 1. The number of aromatic amines is 1. The van der Waals surface area contributed by atoms with Crippen molar-refractivity contribution >= 4 is 5.91 Å². The molecule has 0 saturated heterocycles. The molecule has 1 heterocycles. The number of ether oxygens (including phenoxy) is 1. The summed E-state index contributed by atoms with van der Waals surface area (Å²) in [5, 5.41) is 9.30. The zero-order valence-electron chi connectivity index (χ0n) is 9.55. The molecule has 5 nitrogen and oxygen atoms in total. The molecule has 0 spiro atoms. The van der Waals surface area contributed by atoms with Crippen LogP contribution < -0.4 is 5.32 Å². The highest BCUT2D eigenvalue weighted by atomic mass is 16.5. The molecule has 0 aromatic carbocycles. The van der Waals surface area contributed by atoms with E-state index in [-0.39, 0.29) is 11.5 Å². The van der Waals surface area contributed by atoms with Crippen molar-refractivity contribution in [1.29, 1.82) is 0 Å². The summed E-state index contributed by atoms with van der Waals surface area (Å²) in [6.07, 6.45) is 1.52. The van der Waals surface area contributed by atoms with Crippen molar-refractivity contribution < 1.29 is 9.53 Å². The largest absolute Gasteiger partial charge is 0.377 e. The van der Waals surface area contributed by atoms with Gasteiger partial charge in [0.25, 0.3) is 5.91 Å². The van der Waals surface area contributed by atoms with Crippen LogP contribution in [0.4, 0.5) is 0 Å². The Kier molecular flexibility index (Phi) is 3.47. The molecule has 0 fully saturated rings. The fraction of sp³-hybridized carbons (Fsp3) is 0.600. The lowest BCUT2D eigenvalue weighted by molar-refractivity contribution is 0.0228. The number of carbonyl (C=O) groups excluding carboxylic acids is 1. The van der Waals surface area contributed by atoms with E-state index in [1.54, 1.807) is 7.11 Å².